The molecule has 7 nitrogen and oxygen atoms in total. The maximum Gasteiger partial charge on any atom is 0.261 e. The summed E-state index contributed by atoms with van der Waals surface area (Å²) in [7, 11) is 0. The van der Waals surface area contributed by atoms with Gasteiger partial charge in [-0.2, -0.15) is 0 Å². The van der Waals surface area contributed by atoms with Gasteiger partial charge in [0.05, 0.1) is 24.1 Å². The number of hydrogen-bond donors (Lipinski definition) is 1. The van der Waals surface area contributed by atoms with Gasteiger partial charge in [0.2, 0.25) is 11.0 Å². The molecule has 0 spiro atoms. The van der Waals surface area contributed by atoms with E-state index in [0.29, 0.717) is 21.3 Å². The molecular formula is C23H16N4O3S. The van der Waals surface area contributed by atoms with E-state index in [1.807, 2.05) is 42.5 Å². The lowest BCUT2D eigenvalue weighted by Crippen LogP contribution is -2.29. The van der Waals surface area contributed by atoms with E-state index in [0.717, 1.165) is 32.6 Å². The van der Waals surface area contributed by atoms with Crippen LogP contribution in [0.2, 0.25) is 0 Å². The number of rotatable bonds is 5. The number of amides is 3. The monoisotopic (exact) mass is 428 g/mol. The Morgan fingerprint density at radius 3 is 2.32 bits per heavy atom. The summed E-state index contributed by atoms with van der Waals surface area (Å²) >= 11 is 1.14. The van der Waals surface area contributed by atoms with Gasteiger partial charge in [-0.1, -0.05) is 65.9 Å². The van der Waals surface area contributed by atoms with Crippen LogP contribution in [-0.2, 0) is 17.8 Å². The molecule has 152 valence electrons. The maximum absolute atomic E-state index is 12.5. The molecule has 0 unspecified atom stereocenters. The highest BCUT2D eigenvalue weighted by atomic mass is 32.1. The van der Waals surface area contributed by atoms with Crippen LogP contribution < -0.4 is 5.32 Å². The molecule has 0 aliphatic carbocycles. The molecule has 3 aromatic carbocycles. The number of nitrogens with one attached hydrogen (secondary N) is 1. The molecule has 0 bridgehead atoms. The number of anilines is 1. The molecule has 3 amide bonds. The molecule has 0 atom stereocenters. The minimum absolute atomic E-state index is 0.0171. The number of imide groups is 1. The Morgan fingerprint density at radius 2 is 1.55 bits per heavy atom. The summed E-state index contributed by atoms with van der Waals surface area (Å²) in [5, 5.41) is 13.7. The van der Waals surface area contributed by atoms with Crippen LogP contribution in [0.3, 0.4) is 0 Å². The van der Waals surface area contributed by atoms with Gasteiger partial charge in [0, 0.05) is 0 Å². The van der Waals surface area contributed by atoms with E-state index in [4.69, 9.17) is 0 Å². The van der Waals surface area contributed by atoms with Crippen LogP contribution in [0.1, 0.15) is 31.3 Å². The van der Waals surface area contributed by atoms with Crippen molar-refractivity contribution in [1.29, 1.82) is 0 Å². The molecule has 0 radical (unpaired) electrons. The van der Waals surface area contributed by atoms with E-state index in [1.165, 1.54) is 0 Å². The van der Waals surface area contributed by atoms with Crippen molar-refractivity contribution >= 4 is 45.0 Å². The average molecular weight is 428 g/mol. The van der Waals surface area contributed by atoms with E-state index in [-0.39, 0.29) is 30.7 Å². The van der Waals surface area contributed by atoms with E-state index in [9.17, 15) is 14.4 Å². The molecule has 0 saturated carbocycles. The lowest BCUT2D eigenvalue weighted by molar-refractivity contribution is -0.115. The second-order valence-corrected chi connectivity index (χ2v) is 8.17. The van der Waals surface area contributed by atoms with Gasteiger partial charge in [-0.25, -0.2) is 0 Å². The van der Waals surface area contributed by atoms with Crippen molar-refractivity contribution < 1.29 is 14.4 Å². The van der Waals surface area contributed by atoms with Crippen LogP contribution in [0, 0.1) is 0 Å². The first-order chi connectivity index (χ1) is 15.1. The summed E-state index contributed by atoms with van der Waals surface area (Å²) in [5.41, 5.74) is 1.70. The summed E-state index contributed by atoms with van der Waals surface area (Å²) in [6.45, 7) is 0.0171. The standard InChI is InChI=1S/C23H16N4O3S/c28-19(12-15-8-5-7-14-6-1-2-9-16(14)15)24-23-26-25-20(31-23)13-27-21(29)17-10-3-4-11-18(17)22(27)30/h1-11H,12-13H2,(H,24,26,28). The quantitative estimate of drug-likeness (QED) is 0.490. The fraction of sp³-hybridized carbons (Fsp3) is 0.0870. The predicted octanol–water partition coefficient (Wildman–Crippen LogP) is 3.67. The molecule has 0 saturated heterocycles. The van der Waals surface area contributed by atoms with Crippen LogP contribution in [-0.4, -0.2) is 32.8 Å². The molecule has 1 N–H and O–H groups in total. The molecule has 2 heterocycles. The molecule has 0 fully saturated rings. The number of nitrogens with zero attached hydrogens (tertiary/aromatic N) is 3. The molecule has 5 rings (SSSR count). The molecular weight excluding hydrogens is 412 g/mol. The van der Waals surface area contributed by atoms with Gasteiger partial charge in [0.15, 0.2) is 0 Å². The van der Waals surface area contributed by atoms with Crippen molar-refractivity contribution in [3.8, 4) is 0 Å². The zero-order valence-corrected chi connectivity index (χ0v) is 17.1. The lowest BCUT2D eigenvalue weighted by atomic mass is 10.0. The molecule has 1 aliphatic rings. The van der Waals surface area contributed by atoms with Crippen molar-refractivity contribution in [2.24, 2.45) is 0 Å². The number of aromatic nitrogens is 2. The minimum atomic E-state index is -0.350. The van der Waals surface area contributed by atoms with Gasteiger partial charge in [-0.15, -0.1) is 10.2 Å². The van der Waals surface area contributed by atoms with Crippen molar-refractivity contribution in [3.63, 3.8) is 0 Å². The van der Waals surface area contributed by atoms with Crippen LogP contribution >= 0.6 is 11.3 Å². The van der Waals surface area contributed by atoms with Crippen molar-refractivity contribution in [3.05, 3.63) is 88.4 Å². The number of benzene rings is 3. The van der Waals surface area contributed by atoms with Gasteiger partial charge < -0.3 is 5.32 Å². The highest BCUT2D eigenvalue weighted by molar-refractivity contribution is 7.15. The Hall–Kier alpha value is -3.91. The number of carbonyl (C=O) groups excluding carboxylic acids is 3. The summed E-state index contributed by atoms with van der Waals surface area (Å²) in [4.78, 5) is 38.7. The Labute approximate surface area is 181 Å². The minimum Gasteiger partial charge on any atom is -0.300 e. The Bertz CT molecular complexity index is 1310. The van der Waals surface area contributed by atoms with Gasteiger partial charge in [-0.3, -0.25) is 19.3 Å². The fourth-order valence-corrected chi connectivity index (χ4v) is 4.41. The topological polar surface area (TPSA) is 92.3 Å². The van der Waals surface area contributed by atoms with Crippen LogP contribution in [0.25, 0.3) is 10.8 Å². The predicted molar refractivity (Wildman–Crippen MR) is 117 cm³/mol. The first-order valence-electron chi connectivity index (χ1n) is 9.64. The van der Waals surface area contributed by atoms with E-state index < -0.39 is 0 Å². The number of hydrogen-bond acceptors (Lipinski definition) is 6. The molecule has 4 aromatic rings. The second-order valence-electron chi connectivity index (χ2n) is 7.11. The van der Waals surface area contributed by atoms with Crippen LogP contribution in [0.15, 0.2) is 66.7 Å². The number of fused-ring (bicyclic) bond motifs is 2. The third kappa shape index (κ3) is 3.57. The first kappa shape index (κ1) is 19.1. The van der Waals surface area contributed by atoms with Gasteiger partial charge in [0.1, 0.15) is 5.01 Å². The summed E-state index contributed by atoms with van der Waals surface area (Å²) in [5.74, 6) is -0.908. The normalized spacial score (nSPS) is 13.0. The summed E-state index contributed by atoms with van der Waals surface area (Å²) in [6.07, 6.45) is 0.203. The van der Waals surface area contributed by atoms with Crippen molar-refractivity contribution in [2.45, 2.75) is 13.0 Å². The highest BCUT2D eigenvalue weighted by Gasteiger charge is 2.35. The van der Waals surface area contributed by atoms with Crippen molar-refractivity contribution in [2.75, 3.05) is 5.32 Å². The van der Waals surface area contributed by atoms with E-state index >= 15 is 0 Å². The maximum atomic E-state index is 12.5. The van der Waals surface area contributed by atoms with Gasteiger partial charge >= 0.3 is 0 Å². The Kier molecular flexibility index (Phi) is 4.76. The highest BCUT2D eigenvalue weighted by Crippen LogP contribution is 2.26. The summed E-state index contributed by atoms with van der Waals surface area (Å²) in [6, 6.07) is 20.5. The third-order valence-corrected chi connectivity index (χ3v) is 5.94. The molecule has 1 aromatic heterocycles. The molecule has 31 heavy (non-hydrogen) atoms. The van der Waals surface area contributed by atoms with Crippen LogP contribution in [0.5, 0.6) is 0 Å². The largest absolute Gasteiger partial charge is 0.300 e. The smallest absolute Gasteiger partial charge is 0.261 e. The SMILES string of the molecule is O=C(Cc1cccc2ccccc12)Nc1nnc(CN2C(=O)c3ccccc3C2=O)s1. The second kappa shape index (κ2) is 7.73. The van der Waals surface area contributed by atoms with Crippen molar-refractivity contribution in [1.82, 2.24) is 15.1 Å². The fourth-order valence-electron chi connectivity index (χ4n) is 3.67. The Morgan fingerprint density at radius 1 is 0.871 bits per heavy atom. The average Bonchev–Trinajstić information content (AvgIpc) is 3.32. The molecule has 8 heteroatoms. The third-order valence-electron chi connectivity index (χ3n) is 5.12. The van der Waals surface area contributed by atoms with Crippen LogP contribution in [0.4, 0.5) is 5.13 Å². The van der Waals surface area contributed by atoms with Gasteiger partial charge in [0.25, 0.3) is 11.8 Å². The van der Waals surface area contributed by atoms with E-state index in [1.54, 1.807) is 24.3 Å². The first-order valence-corrected chi connectivity index (χ1v) is 10.5. The van der Waals surface area contributed by atoms with Gasteiger partial charge in [-0.05, 0) is 28.5 Å². The van der Waals surface area contributed by atoms with E-state index in [2.05, 4.69) is 15.5 Å². The zero-order chi connectivity index (χ0) is 21.4. The Balaban J connectivity index is 1.27. The summed E-state index contributed by atoms with van der Waals surface area (Å²) < 4.78 is 0. The lowest BCUT2D eigenvalue weighted by Gasteiger charge is -2.10. The molecule has 1 aliphatic heterocycles. The zero-order valence-electron chi connectivity index (χ0n) is 16.2. The number of carbonyl (C=O) groups is 3.